The zero-order valence-electron chi connectivity index (χ0n) is 8.47. The Labute approximate surface area is 88.6 Å². The monoisotopic (exact) mass is 197 g/mol. The quantitative estimate of drug-likeness (QED) is 0.693. The first kappa shape index (κ1) is 9.59. The summed E-state index contributed by atoms with van der Waals surface area (Å²) in [6.07, 6.45) is 2.50. The second kappa shape index (κ2) is 4.05. The van der Waals surface area contributed by atoms with Crippen molar-refractivity contribution < 1.29 is 4.79 Å². The molecule has 15 heavy (non-hydrogen) atoms. The highest BCUT2D eigenvalue weighted by atomic mass is 16.1. The maximum absolute atomic E-state index is 10.8. The Bertz CT molecular complexity index is 477. The van der Waals surface area contributed by atoms with E-state index in [9.17, 15) is 4.79 Å². The van der Waals surface area contributed by atoms with Gasteiger partial charge in [0.1, 0.15) is 5.69 Å². The van der Waals surface area contributed by atoms with Gasteiger partial charge in [-0.3, -0.25) is 9.78 Å². The predicted octanol–water partition coefficient (Wildman–Crippen LogP) is 2.87. The van der Waals surface area contributed by atoms with E-state index in [4.69, 9.17) is 0 Å². The Balaban J connectivity index is 2.61. The topological polar surface area (TPSA) is 30.0 Å². The first-order valence-corrected chi connectivity index (χ1v) is 4.78. The average Bonchev–Trinajstić information content (AvgIpc) is 2.30. The van der Waals surface area contributed by atoms with Gasteiger partial charge in [-0.25, -0.2) is 0 Å². The highest BCUT2D eigenvalue weighted by molar-refractivity contribution is 5.85. The lowest BCUT2D eigenvalue weighted by Crippen LogP contribution is -1.92. The molecular formula is C13H11NO. The molecule has 2 aromatic rings. The van der Waals surface area contributed by atoms with Crippen molar-refractivity contribution in [3.05, 3.63) is 53.9 Å². The summed E-state index contributed by atoms with van der Waals surface area (Å²) >= 11 is 0. The number of nitrogens with zero attached hydrogens (tertiary/aromatic N) is 1. The largest absolute Gasteiger partial charge is 0.296 e. The molecule has 0 aliphatic rings. The van der Waals surface area contributed by atoms with Crippen LogP contribution in [-0.2, 0) is 0 Å². The molecule has 0 amide bonds. The molecule has 2 heteroatoms. The van der Waals surface area contributed by atoms with Crippen LogP contribution in [0.3, 0.4) is 0 Å². The molecule has 0 N–H and O–H groups in total. The van der Waals surface area contributed by atoms with Gasteiger partial charge in [0.05, 0.1) is 0 Å². The van der Waals surface area contributed by atoms with Crippen LogP contribution in [0.25, 0.3) is 11.1 Å². The summed E-state index contributed by atoms with van der Waals surface area (Å²) in [6, 6.07) is 11.8. The number of carbonyl (C=O) groups is 1. The molecule has 1 aromatic carbocycles. The van der Waals surface area contributed by atoms with Crippen molar-refractivity contribution in [2.24, 2.45) is 0 Å². The summed E-state index contributed by atoms with van der Waals surface area (Å²) in [6.45, 7) is 1.97. The molecule has 0 atom stereocenters. The fourth-order valence-electron chi connectivity index (χ4n) is 1.52. The summed E-state index contributed by atoms with van der Waals surface area (Å²) in [5.41, 5.74) is 3.47. The van der Waals surface area contributed by atoms with Crippen molar-refractivity contribution in [2.45, 2.75) is 6.92 Å². The van der Waals surface area contributed by atoms with E-state index in [1.807, 2.05) is 43.3 Å². The average molecular weight is 197 g/mol. The smallest absolute Gasteiger partial charge is 0.169 e. The van der Waals surface area contributed by atoms with Crippen LogP contribution >= 0.6 is 0 Å². The Morgan fingerprint density at radius 2 is 1.93 bits per heavy atom. The third-order valence-electron chi connectivity index (χ3n) is 2.25. The number of pyridine rings is 1. The minimum atomic E-state index is 0.492. The number of benzene rings is 1. The van der Waals surface area contributed by atoms with E-state index in [2.05, 4.69) is 4.98 Å². The molecule has 2 nitrogen and oxygen atoms in total. The highest BCUT2D eigenvalue weighted by Gasteiger charge is 2.05. The van der Waals surface area contributed by atoms with Gasteiger partial charge in [0, 0.05) is 11.8 Å². The number of rotatable bonds is 2. The zero-order chi connectivity index (χ0) is 10.7. The molecule has 0 saturated heterocycles. The maximum atomic E-state index is 10.8. The van der Waals surface area contributed by atoms with Crippen molar-refractivity contribution in [3.63, 3.8) is 0 Å². The molecule has 0 fully saturated rings. The van der Waals surface area contributed by atoms with E-state index in [0.29, 0.717) is 5.69 Å². The summed E-state index contributed by atoms with van der Waals surface area (Å²) in [5, 5.41) is 0. The standard InChI is InChI=1S/C13H11NO/c1-10-7-12(13(9-15)14-8-10)11-5-3-2-4-6-11/h2-9H,1H3. The van der Waals surface area contributed by atoms with E-state index in [-0.39, 0.29) is 0 Å². The molecule has 74 valence electrons. The summed E-state index contributed by atoms with van der Waals surface area (Å²) in [5.74, 6) is 0. The van der Waals surface area contributed by atoms with Crippen LogP contribution in [0.2, 0.25) is 0 Å². The van der Waals surface area contributed by atoms with E-state index in [1.54, 1.807) is 6.20 Å². The molecule has 0 saturated carbocycles. The third kappa shape index (κ3) is 1.94. The van der Waals surface area contributed by atoms with Gasteiger partial charge in [-0.1, -0.05) is 30.3 Å². The van der Waals surface area contributed by atoms with E-state index in [0.717, 1.165) is 23.0 Å². The lowest BCUT2D eigenvalue weighted by atomic mass is 10.0. The molecule has 1 heterocycles. The minimum absolute atomic E-state index is 0.492. The Hall–Kier alpha value is -1.96. The van der Waals surface area contributed by atoms with Crippen molar-refractivity contribution in [1.82, 2.24) is 4.98 Å². The normalized spacial score (nSPS) is 9.93. The number of hydrogen-bond acceptors (Lipinski definition) is 2. The molecule has 0 spiro atoms. The second-order valence-corrected chi connectivity index (χ2v) is 3.43. The van der Waals surface area contributed by atoms with Crippen LogP contribution in [-0.4, -0.2) is 11.3 Å². The van der Waals surface area contributed by atoms with Crippen molar-refractivity contribution in [3.8, 4) is 11.1 Å². The highest BCUT2D eigenvalue weighted by Crippen LogP contribution is 2.21. The minimum Gasteiger partial charge on any atom is -0.296 e. The van der Waals surface area contributed by atoms with Crippen LogP contribution in [0.5, 0.6) is 0 Å². The summed E-state index contributed by atoms with van der Waals surface area (Å²) in [7, 11) is 0. The van der Waals surface area contributed by atoms with Crippen LogP contribution in [0, 0.1) is 6.92 Å². The molecule has 0 unspecified atom stereocenters. The van der Waals surface area contributed by atoms with Gasteiger partial charge in [0.15, 0.2) is 6.29 Å². The Morgan fingerprint density at radius 1 is 1.20 bits per heavy atom. The predicted molar refractivity (Wildman–Crippen MR) is 59.8 cm³/mol. The van der Waals surface area contributed by atoms with E-state index >= 15 is 0 Å². The first-order chi connectivity index (χ1) is 7.31. The molecule has 0 aliphatic carbocycles. The molecular weight excluding hydrogens is 186 g/mol. The zero-order valence-corrected chi connectivity index (χ0v) is 8.47. The van der Waals surface area contributed by atoms with Gasteiger partial charge >= 0.3 is 0 Å². The van der Waals surface area contributed by atoms with E-state index in [1.165, 1.54) is 0 Å². The summed E-state index contributed by atoms with van der Waals surface area (Å²) < 4.78 is 0. The lowest BCUT2D eigenvalue weighted by molar-refractivity contribution is 0.111. The number of hydrogen-bond donors (Lipinski definition) is 0. The fourth-order valence-corrected chi connectivity index (χ4v) is 1.52. The molecule has 0 aliphatic heterocycles. The van der Waals surface area contributed by atoms with Gasteiger partial charge in [-0.15, -0.1) is 0 Å². The first-order valence-electron chi connectivity index (χ1n) is 4.78. The van der Waals surface area contributed by atoms with Gasteiger partial charge in [0.2, 0.25) is 0 Å². The lowest BCUT2D eigenvalue weighted by Gasteiger charge is -2.04. The Morgan fingerprint density at radius 3 is 2.60 bits per heavy atom. The van der Waals surface area contributed by atoms with Crippen molar-refractivity contribution in [2.75, 3.05) is 0 Å². The van der Waals surface area contributed by atoms with Crippen molar-refractivity contribution in [1.29, 1.82) is 0 Å². The Kier molecular flexibility index (Phi) is 2.59. The number of aromatic nitrogens is 1. The van der Waals surface area contributed by atoms with Crippen LogP contribution in [0.15, 0.2) is 42.6 Å². The molecule has 0 bridgehead atoms. The van der Waals surface area contributed by atoms with Gasteiger partial charge in [-0.05, 0) is 24.1 Å². The molecule has 0 radical (unpaired) electrons. The van der Waals surface area contributed by atoms with Gasteiger partial charge in [-0.2, -0.15) is 0 Å². The van der Waals surface area contributed by atoms with E-state index < -0.39 is 0 Å². The number of aldehydes is 1. The van der Waals surface area contributed by atoms with Crippen LogP contribution in [0.4, 0.5) is 0 Å². The second-order valence-electron chi connectivity index (χ2n) is 3.43. The molecule has 1 aromatic heterocycles. The maximum Gasteiger partial charge on any atom is 0.169 e. The molecule has 2 rings (SSSR count). The SMILES string of the molecule is Cc1cnc(C=O)c(-c2ccccc2)c1. The van der Waals surface area contributed by atoms with Crippen LogP contribution < -0.4 is 0 Å². The summed E-state index contributed by atoms with van der Waals surface area (Å²) in [4.78, 5) is 15.0. The fraction of sp³-hybridized carbons (Fsp3) is 0.0769. The van der Waals surface area contributed by atoms with Crippen LogP contribution in [0.1, 0.15) is 16.1 Å². The third-order valence-corrected chi connectivity index (χ3v) is 2.25. The number of carbonyl (C=O) groups excluding carboxylic acids is 1. The van der Waals surface area contributed by atoms with Gasteiger partial charge < -0.3 is 0 Å². The number of aryl methyl sites for hydroxylation is 1. The van der Waals surface area contributed by atoms with Crippen molar-refractivity contribution >= 4 is 6.29 Å². The van der Waals surface area contributed by atoms with Gasteiger partial charge in [0.25, 0.3) is 0 Å².